The van der Waals surface area contributed by atoms with Crippen LogP contribution in [-0.2, 0) is 14.3 Å². The summed E-state index contributed by atoms with van der Waals surface area (Å²) in [5.41, 5.74) is 0. The van der Waals surface area contributed by atoms with Crippen LogP contribution in [0.5, 0.6) is 0 Å². The van der Waals surface area contributed by atoms with Crippen molar-refractivity contribution in [2.24, 2.45) is 0 Å². The Morgan fingerprint density at radius 1 is 0.477 bits per heavy atom. The molecule has 0 saturated carbocycles. The number of aliphatic hydroxyl groups excluding tert-OH is 2. The maximum Gasteiger partial charge on any atom is 0.306 e. The molecule has 0 aromatic carbocycles. The van der Waals surface area contributed by atoms with Crippen molar-refractivity contribution in [3.05, 3.63) is 85.1 Å². The first-order valence-electron chi connectivity index (χ1n) is 27.3. The zero-order valence-electron chi connectivity index (χ0n) is 42.6. The minimum Gasteiger partial charge on any atom is -0.462 e. The van der Waals surface area contributed by atoms with E-state index < -0.39 is 18.2 Å². The van der Waals surface area contributed by atoms with E-state index in [2.05, 4.69) is 111 Å². The fourth-order valence-electron chi connectivity index (χ4n) is 7.89. The van der Waals surface area contributed by atoms with E-state index in [1.54, 1.807) is 0 Å². The number of hydrogen-bond acceptors (Lipinski definition) is 5. The lowest BCUT2D eigenvalue weighted by Gasteiger charge is -2.24. The van der Waals surface area contributed by atoms with Crippen molar-refractivity contribution in [1.29, 1.82) is 0 Å². The van der Waals surface area contributed by atoms with Crippen LogP contribution in [0.3, 0.4) is 0 Å². The van der Waals surface area contributed by atoms with Gasteiger partial charge >= 0.3 is 5.97 Å². The Balaban J connectivity index is 4.71. The van der Waals surface area contributed by atoms with Crippen molar-refractivity contribution < 1.29 is 24.5 Å². The van der Waals surface area contributed by atoms with Gasteiger partial charge in [0.2, 0.25) is 5.91 Å². The van der Waals surface area contributed by atoms with Gasteiger partial charge in [-0.1, -0.05) is 234 Å². The second-order valence-corrected chi connectivity index (χ2v) is 18.3. The molecule has 374 valence electrons. The van der Waals surface area contributed by atoms with Gasteiger partial charge in [0.15, 0.2) is 0 Å². The SMILES string of the molecule is CC/C=C/C/C=C/C/C=C/C/C=C/CCCCCC(=O)OC(CCCCC/C=C/C=C/C=C/CCCCCCC)CC(=O)NC(CO)C(O)CCCCCCCCCCCCCCCC. The highest BCUT2D eigenvalue weighted by Gasteiger charge is 2.24. The van der Waals surface area contributed by atoms with Gasteiger partial charge in [0.1, 0.15) is 6.10 Å². The minimum atomic E-state index is -0.807. The first-order valence-corrected chi connectivity index (χ1v) is 27.3. The monoisotopic (exact) mass is 906 g/mol. The van der Waals surface area contributed by atoms with Gasteiger partial charge in [0, 0.05) is 6.42 Å². The normalized spacial score (nSPS) is 13.9. The molecule has 3 N–H and O–H groups in total. The van der Waals surface area contributed by atoms with E-state index in [1.165, 1.54) is 103 Å². The van der Waals surface area contributed by atoms with Crippen LogP contribution in [0.4, 0.5) is 0 Å². The van der Waals surface area contributed by atoms with E-state index in [0.717, 1.165) is 103 Å². The number of ether oxygens (including phenoxy) is 1. The second-order valence-electron chi connectivity index (χ2n) is 18.3. The van der Waals surface area contributed by atoms with Gasteiger partial charge in [-0.25, -0.2) is 0 Å². The van der Waals surface area contributed by atoms with E-state index >= 15 is 0 Å². The summed E-state index contributed by atoms with van der Waals surface area (Å²) in [4.78, 5) is 26.2. The number of hydrogen-bond donors (Lipinski definition) is 3. The van der Waals surface area contributed by atoms with Gasteiger partial charge in [0.25, 0.3) is 0 Å². The molecule has 3 atom stereocenters. The van der Waals surface area contributed by atoms with Crippen LogP contribution in [0.1, 0.15) is 252 Å². The molecule has 0 spiro atoms. The molecule has 0 aliphatic rings. The summed E-state index contributed by atoms with van der Waals surface area (Å²) in [6, 6.07) is -0.724. The van der Waals surface area contributed by atoms with E-state index in [-0.39, 0.29) is 24.9 Å². The quantitative estimate of drug-likeness (QED) is 0.0245. The summed E-state index contributed by atoms with van der Waals surface area (Å²) in [7, 11) is 0. The molecule has 0 aliphatic carbocycles. The molecule has 0 aliphatic heterocycles. The van der Waals surface area contributed by atoms with E-state index in [0.29, 0.717) is 19.3 Å². The highest BCUT2D eigenvalue weighted by Crippen LogP contribution is 2.17. The Kier molecular flexibility index (Phi) is 49.6. The summed E-state index contributed by atoms with van der Waals surface area (Å²) in [5.74, 6) is -0.546. The number of carbonyl (C=O) groups excluding carboxylic acids is 2. The Morgan fingerprint density at radius 2 is 0.892 bits per heavy atom. The van der Waals surface area contributed by atoms with Gasteiger partial charge in [0.05, 0.1) is 25.2 Å². The van der Waals surface area contributed by atoms with Crippen molar-refractivity contribution in [3.63, 3.8) is 0 Å². The molecule has 0 fully saturated rings. The number of nitrogens with one attached hydrogen (secondary N) is 1. The van der Waals surface area contributed by atoms with Crippen LogP contribution in [0.15, 0.2) is 85.1 Å². The number of amides is 1. The smallest absolute Gasteiger partial charge is 0.306 e. The van der Waals surface area contributed by atoms with Gasteiger partial charge in [-0.05, 0) is 89.9 Å². The second kappa shape index (κ2) is 52.0. The molecule has 0 saturated heterocycles. The molecule has 3 unspecified atom stereocenters. The van der Waals surface area contributed by atoms with Crippen LogP contribution in [0.2, 0.25) is 0 Å². The Hall–Kier alpha value is -2.96. The van der Waals surface area contributed by atoms with Crippen molar-refractivity contribution in [2.75, 3.05) is 6.61 Å². The molecule has 6 nitrogen and oxygen atoms in total. The van der Waals surface area contributed by atoms with Crippen molar-refractivity contribution in [3.8, 4) is 0 Å². The highest BCUT2D eigenvalue weighted by atomic mass is 16.5. The molecule has 0 aromatic rings. The third-order valence-corrected chi connectivity index (χ3v) is 12.0. The number of aliphatic hydroxyl groups is 2. The molecule has 0 rings (SSSR count). The number of allylic oxidation sites excluding steroid dienone is 14. The van der Waals surface area contributed by atoms with Crippen LogP contribution in [0, 0.1) is 0 Å². The molecule has 0 heterocycles. The van der Waals surface area contributed by atoms with E-state index in [1.807, 2.05) is 0 Å². The summed E-state index contributed by atoms with van der Waals surface area (Å²) in [5, 5.41) is 23.8. The van der Waals surface area contributed by atoms with Crippen LogP contribution < -0.4 is 5.32 Å². The molecule has 65 heavy (non-hydrogen) atoms. The van der Waals surface area contributed by atoms with Crippen LogP contribution in [-0.4, -0.2) is 46.9 Å². The Bertz CT molecular complexity index is 1250. The molecule has 1 amide bonds. The van der Waals surface area contributed by atoms with Gasteiger partial charge < -0.3 is 20.3 Å². The zero-order chi connectivity index (χ0) is 47.4. The van der Waals surface area contributed by atoms with Gasteiger partial charge in [-0.2, -0.15) is 0 Å². The van der Waals surface area contributed by atoms with E-state index in [4.69, 9.17) is 4.74 Å². The molecule has 6 heteroatoms. The fraction of sp³-hybridized carbons (Fsp3) is 0.729. The summed E-state index contributed by atoms with van der Waals surface area (Å²) >= 11 is 0. The summed E-state index contributed by atoms with van der Waals surface area (Å²) < 4.78 is 5.92. The first-order chi connectivity index (χ1) is 32.0. The van der Waals surface area contributed by atoms with Crippen LogP contribution >= 0.6 is 0 Å². The number of rotatable bonds is 48. The summed E-state index contributed by atoms with van der Waals surface area (Å²) in [6.45, 7) is 6.34. The lowest BCUT2D eigenvalue weighted by molar-refractivity contribution is -0.151. The van der Waals surface area contributed by atoms with Crippen LogP contribution in [0.25, 0.3) is 0 Å². The third kappa shape index (κ3) is 47.3. The predicted octanol–water partition coefficient (Wildman–Crippen LogP) is 16.7. The molecule has 0 aromatic heterocycles. The fourth-order valence-corrected chi connectivity index (χ4v) is 7.89. The van der Waals surface area contributed by atoms with Crippen molar-refractivity contribution >= 4 is 11.9 Å². The average molecular weight is 906 g/mol. The van der Waals surface area contributed by atoms with Gasteiger partial charge in [-0.3, -0.25) is 9.59 Å². The highest BCUT2D eigenvalue weighted by molar-refractivity contribution is 5.77. The van der Waals surface area contributed by atoms with Crippen molar-refractivity contribution in [1.82, 2.24) is 5.32 Å². The largest absolute Gasteiger partial charge is 0.462 e. The first kappa shape index (κ1) is 62.0. The third-order valence-electron chi connectivity index (χ3n) is 12.0. The molecule has 0 bridgehead atoms. The Labute approximate surface area is 402 Å². The number of unbranched alkanes of at least 4 members (excludes halogenated alkanes) is 24. The van der Waals surface area contributed by atoms with Gasteiger partial charge in [-0.15, -0.1) is 0 Å². The lowest BCUT2D eigenvalue weighted by atomic mass is 10.0. The number of carbonyl (C=O) groups is 2. The van der Waals surface area contributed by atoms with E-state index in [9.17, 15) is 19.8 Å². The summed E-state index contributed by atoms with van der Waals surface area (Å²) in [6.07, 6.45) is 67.8. The topological polar surface area (TPSA) is 95.9 Å². The predicted molar refractivity (Wildman–Crippen MR) is 282 cm³/mol. The molecular formula is C59H103NO5. The number of esters is 1. The maximum atomic E-state index is 13.2. The lowest BCUT2D eigenvalue weighted by Crippen LogP contribution is -2.46. The Morgan fingerprint density at radius 3 is 1.40 bits per heavy atom. The average Bonchev–Trinajstić information content (AvgIpc) is 3.30. The molecule has 0 radical (unpaired) electrons. The standard InChI is InChI=1S/C59H103NO5/c1-4-7-10-13-16-19-22-25-28-30-32-35-38-41-44-47-50-55(65-59(64)52-49-46-43-40-37-34-31-29-26-23-20-17-14-11-8-5-2)53-58(63)60-56(54-61)57(62)51-48-45-42-39-36-33-27-24-21-18-15-12-9-6-3/h8,11,17,20,22,25-26,28-30,32,34-35,37,55-57,61-62H,4-7,9-10,12-16,18-19,21,23-24,27,31,33,36,38-54H2,1-3H3,(H,60,63)/b11-8+,20-17+,25-22+,29-26+,30-28+,35-32+,37-34+. The maximum absolute atomic E-state index is 13.2. The zero-order valence-corrected chi connectivity index (χ0v) is 42.6. The van der Waals surface area contributed by atoms with Crippen molar-refractivity contribution in [2.45, 2.75) is 270 Å². The molecular weight excluding hydrogens is 803 g/mol. The minimum absolute atomic E-state index is 0.0383.